The van der Waals surface area contributed by atoms with Crippen LogP contribution in [0.5, 0.6) is 0 Å². The molecule has 0 spiro atoms. The summed E-state index contributed by atoms with van der Waals surface area (Å²) in [6.45, 7) is 13.3. The Morgan fingerprint density at radius 1 is 1.33 bits per heavy atom. The third-order valence-electron chi connectivity index (χ3n) is 4.65. The first-order chi connectivity index (χ1) is 11.5. The van der Waals surface area contributed by atoms with E-state index in [1.54, 1.807) is 0 Å². The van der Waals surface area contributed by atoms with Crippen LogP contribution >= 0.6 is 0 Å². The number of likely N-dealkylation sites (N-methyl/N-ethyl adjacent to an activating group) is 1. The normalized spacial score (nSPS) is 19.2. The average Bonchev–Trinajstić information content (AvgIpc) is 3.14. The SMILES string of the molecule is CCN1CCCC1CNC(=NCc1nnc(C)n1C)NCC(C)C. The molecule has 0 saturated carbocycles. The van der Waals surface area contributed by atoms with Gasteiger partial charge < -0.3 is 15.2 Å². The summed E-state index contributed by atoms with van der Waals surface area (Å²) in [7, 11) is 1.98. The number of guanidine groups is 1. The van der Waals surface area contributed by atoms with Gasteiger partial charge in [0.25, 0.3) is 0 Å². The minimum Gasteiger partial charge on any atom is -0.356 e. The van der Waals surface area contributed by atoms with Gasteiger partial charge in [-0.3, -0.25) is 4.90 Å². The van der Waals surface area contributed by atoms with Gasteiger partial charge in [0.05, 0.1) is 0 Å². The molecule has 1 aliphatic rings. The molecule has 2 N–H and O–H groups in total. The van der Waals surface area contributed by atoms with Crippen LogP contribution in [0.3, 0.4) is 0 Å². The number of aliphatic imine (C=N–C) groups is 1. The first-order valence-corrected chi connectivity index (χ1v) is 9.12. The summed E-state index contributed by atoms with van der Waals surface area (Å²) < 4.78 is 1.99. The van der Waals surface area contributed by atoms with Crippen molar-refractivity contribution in [3.8, 4) is 0 Å². The fourth-order valence-electron chi connectivity index (χ4n) is 2.97. The van der Waals surface area contributed by atoms with Gasteiger partial charge in [-0.2, -0.15) is 0 Å². The summed E-state index contributed by atoms with van der Waals surface area (Å²) in [5.74, 6) is 3.24. The predicted molar refractivity (Wildman–Crippen MR) is 98.0 cm³/mol. The van der Waals surface area contributed by atoms with Crippen LogP contribution in [0.15, 0.2) is 4.99 Å². The van der Waals surface area contributed by atoms with Crippen LogP contribution in [-0.4, -0.2) is 57.8 Å². The molecular weight excluding hydrogens is 302 g/mol. The van der Waals surface area contributed by atoms with E-state index < -0.39 is 0 Å². The topological polar surface area (TPSA) is 70.4 Å². The van der Waals surface area contributed by atoms with Gasteiger partial charge in [0.2, 0.25) is 0 Å². The Balaban J connectivity index is 1.95. The molecule has 1 aromatic rings. The zero-order chi connectivity index (χ0) is 17.5. The number of hydrogen-bond donors (Lipinski definition) is 2. The van der Waals surface area contributed by atoms with Crippen molar-refractivity contribution in [2.24, 2.45) is 18.0 Å². The van der Waals surface area contributed by atoms with Gasteiger partial charge in [-0.25, -0.2) is 4.99 Å². The van der Waals surface area contributed by atoms with Crippen molar-refractivity contribution in [1.82, 2.24) is 30.3 Å². The van der Waals surface area contributed by atoms with Crippen LogP contribution in [0.2, 0.25) is 0 Å². The highest BCUT2D eigenvalue weighted by atomic mass is 15.3. The third kappa shape index (κ3) is 5.19. The summed E-state index contributed by atoms with van der Waals surface area (Å²) in [5.41, 5.74) is 0. The lowest BCUT2D eigenvalue weighted by atomic mass is 10.2. The molecule has 7 nitrogen and oxygen atoms in total. The smallest absolute Gasteiger partial charge is 0.191 e. The number of rotatable bonds is 7. The lowest BCUT2D eigenvalue weighted by molar-refractivity contribution is 0.267. The van der Waals surface area contributed by atoms with Crippen LogP contribution in [0.25, 0.3) is 0 Å². The van der Waals surface area contributed by atoms with Crippen molar-refractivity contribution >= 4 is 5.96 Å². The van der Waals surface area contributed by atoms with E-state index >= 15 is 0 Å². The Kier molecular flexibility index (Phi) is 7.02. The Morgan fingerprint density at radius 3 is 2.75 bits per heavy atom. The van der Waals surface area contributed by atoms with Crippen molar-refractivity contribution in [1.29, 1.82) is 0 Å². The molecule has 1 fully saturated rings. The van der Waals surface area contributed by atoms with Crippen molar-refractivity contribution in [3.63, 3.8) is 0 Å². The molecule has 24 heavy (non-hydrogen) atoms. The van der Waals surface area contributed by atoms with E-state index in [1.165, 1.54) is 19.4 Å². The van der Waals surface area contributed by atoms with E-state index in [4.69, 9.17) is 4.99 Å². The highest BCUT2D eigenvalue weighted by Gasteiger charge is 2.22. The molecule has 0 aromatic carbocycles. The van der Waals surface area contributed by atoms with E-state index in [0.29, 0.717) is 18.5 Å². The summed E-state index contributed by atoms with van der Waals surface area (Å²) in [6.07, 6.45) is 2.56. The van der Waals surface area contributed by atoms with Crippen molar-refractivity contribution in [3.05, 3.63) is 11.6 Å². The van der Waals surface area contributed by atoms with Gasteiger partial charge in [0.15, 0.2) is 11.8 Å². The van der Waals surface area contributed by atoms with Crippen LogP contribution in [0.4, 0.5) is 0 Å². The average molecular weight is 336 g/mol. The molecule has 0 aliphatic carbocycles. The maximum atomic E-state index is 4.70. The van der Waals surface area contributed by atoms with Crippen molar-refractivity contribution in [2.75, 3.05) is 26.2 Å². The number of nitrogens with zero attached hydrogens (tertiary/aromatic N) is 5. The van der Waals surface area contributed by atoms with E-state index in [0.717, 1.165) is 37.2 Å². The second-order valence-electron chi connectivity index (χ2n) is 6.97. The van der Waals surface area contributed by atoms with Crippen LogP contribution < -0.4 is 10.6 Å². The van der Waals surface area contributed by atoms with E-state index in [1.807, 2.05) is 18.5 Å². The Hall–Kier alpha value is -1.63. The van der Waals surface area contributed by atoms with Gasteiger partial charge in [-0.1, -0.05) is 20.8 Å². The van der Waals surface area contributed by atoms with Crippen LogP contribution in [0.1, 0.15) is 45.3 Å². The number of aryl methyl sites for hydroxylation is 1. The largest absolute Gasteiger partial charge is 0.356 e. The van der Waals surface area contributed by atoms with E-state index in [2.05, 4.69) is 46.5 Å². The second-order valence-corrected chi connectivity index (χ2v) is 6.97. The van der Waals surface area contributed by atoms with Crippen LogP contribution in [0, 0.1) is 12.8 Å². The fourth-order valence-corrected chi connectivity index (χ4v) is 2.97. The molecule has 7 heteroatoms. The van der Waals surface area contributed by atoms with Crippen molar-refractivity contribution < 1.29 is 0 Å². The first-order valence-electron chi connectivity index (χ1n) is 9.12. The molecule has 1 aromatic heterocycles. The molecule has 0 bridgehead atoms. The molecule has 1 unspecified atom stereocenters. The Bertz CT molecular complexity index is 535. The number of aromatic nitrogens is 3. The van der Waals surface area contributed by atoms with Gasteiger partial charge in [-0.15, -0.1) is 10.2 Å². The van der Waals surface area contributed by atoms with Gasteiger partial charge in [0.1, 0.15) is 12.4 Å². The first kappa shape index (κ1) is 18.7. The van der Waals surface area contributed by atoms with Crippen molar-refractivity contribution in [2.45, 2.75) is 53.1 Å². The molecule has 0 amide bonds. The predicted octanol–water partition coefficient (Wildman–Crippen LogP) is 1.30. The Labute approximate surface area is 145 Å². The quantitative estimate of drug-likeness (QED) is 0.580. The summed E-state index contributed by atoms with van der Waals surface area (Å²) in [4.78, 5) is 7.25. The molecule has 1 aliphatic heterocycles. The van der Waals surface area contributed by atoms with E-state index in [9.17, 15) is 0 Å². The number of likely N-dealkylation sites (tertiary alicyclic amines) is 1. The standard InChI is InChI=1S/C17H33N7/c1-6-24-9-7-8-15(24)11-19-17(18-10-13(2)3)20-12-16-22-21-14(4)23(16)5/h13,15H,6-12H2,1-5H3,(H2,18,19,20). The number of hydrogen-bond acceptors (Lipinski definition) is 4. The maximum Gasteiger partial charge on any atom is 0.191 e. The highest BCUT2D eigenvalue weighted by Crippen LogP contribution is 2.15. The molecule has 136 valence electrons. The molecule has 1 atom stereocenters. The third-order valence-corrected chi connectivity index (χ3v) is 4.65. The summed E-state index contributed by atoms with van der Waals surface area (Å²) in [5, 5.41) is 15.2. The molecule has 2 heterocycles. The van der Waals surface area contributed by atoms with E-state index in [-0.39, 0.29) is 0 Å². The minimum absolute atomic E-state index is 0.535. The monoisotopic (exact) mass is 335 g/mol. The molecule has 1 saturated heterocycles. The highest BCUT2D eigenvalue weighted by molar-refractivity contribution is 5.79. The summed E-state index contributed by atoms with van der Waals surface area (Å²) >= 11 is 0. The lowest BCUT2D eigenvalue weighted by Gasteiger charge is -2.24. The van der Waals surface area contributed by atoms with Gasteiger partial charge >= 0.3 is 0 Å². The minimum atomic E-state index is 0.535. The fraction of sp³-hybridized carbons (Fsp3) is 0.824. The second kappa shape index (κ2) is 9.01. The maximum absolute atomic E-state index is 4.70. The summed E-state index contributed by atoms with van der Waals surface area (Å²) in [6, 6.07) is 0.609. The molecular formula is C17H33N7. The zero-order valence-electron chi connectivity index (χ0n) is 15.8. The zero-order valence-corrected chi connectivity index (χ0v) is 15.8. The van der Waals surface area contributed by atoms with Crippen LogP contribution in [-0.2, 0) is 13.6 Å². The number of nitrogens with one attached hydrogen (secondary N) is 2. The molecule has 2 rings (SSSR count). The van der Waals surface area contributed by atoms with Gasteiger partial charge in [0, 0.05) is 26.2 Å². The Morgan fingerprint density at radius 2 is 2.12 bits per heavy atom. The van der Waals surface area contributed by atoms with Gasteiger partial charge in [-0.05, 0) is 38.8 Å². The molecule has 0 radical (unpaired) electrons. The lowest BCUT2D eigenvalue weighted by Crippen LogP contribution is -2.45.